The number of fused-ring (bicyclic) bond motifs is 1. The first kappa shape index (κ1) is 14.7. The third kappa shape index (κ3) is 3.34. The minimum Gasteiger partial charge on any atom is -0.489 e. The van der Waals surface area contributed by atoms with Crippen LogP contribution in [0.15, 0.2) is 18.2 Å². The molecular weight excluding hydrogens is 262 g/mol. The quantitative estimate of drug-likeness (QED) is 0.914. The van der Waals surface area contributed by atoms with Gasteiger partial charge in [0.2, 0.25) is 0 Å². The highest BCUT2D eigenvalue weighted by Crippen LogP contribution is 2.38. The van der Waals surface area contributed by atoms with Crippen LogP contribution >= 0.6 is 0 Å². The molecule has 116 valence electrons. The minimum absolute atomic E-state index is 0.430. The van der Waals surface area contributed by atoms with Gasteiger partial charge in [-0.05, 0) is 43.5 Å². The van der Waals surface area contributed by atoms with Gasteiger partial charge < -0.3 is 14.8 Å². The number of benzene rings is 1. The second kappa shape index (κ2) is 6.69. The molecule has 0 radical (unpaired) electrons. The van der Waals surface area contributed by atoms with Crippen LogP contribution in [-0.4, -0.2) is 20.3 Å². The van der Waals surface area contributed by atoms with Gasteiger partial charge in [-0.2, -0.15) is 0 Å². The molecule has 0 spiro atoms. The van der Waals surface area contributed by atoms with Crippen molar-refractivity contribution in [1.82, 2.24) is 5.32 Å². The van der Waals surface area contributed by atoms with Gasteiger partial charge in [-0.15, -0.1) is 0 Å². The van der Waals surface area contributed by atoms with Crippen molar-refractivity contribution in [3.05, 3.63) is 23.8 Å². The molecule has 2 unspecified atom stereocenters. The summed E-state index contributed by atoms with van der Waals surface area (Å²) in [4.78, 5) is 0. The van der Waals surface area contributed by atoms with E-state index in [0.717, 1.165) is 30.6 Å². The van der Waals surface area contributed by atoms with Crippen LogP contribution in [0.3, 0.4) is 0 Å². The number of hydrogen-bond donors (Lipinski definition) is 1. The van der Waals surface area contributed by atoms with Crippen LogP contribution in [0.2, 0.25) is 0 Å². The zero-order valence-corrected chi connectivity index (χ0v) is 13.2. The van der Waals surface area contributed by atoms with Crippen LogP contribution in [0.1, 0.15) is 50.6 Å². The molecule has 0 saturated heterocycles. The lowest BCUT2D eigenvalue weighted by atomic mass is 9.81. The van der Waals surface area contributed by atoms with Gasteiger partial charge in [-0.3, -0.25) is 0 Å². The van der Waals surface area contributed by atoms with Crippen LogP contribution in [-0.2, 0) is 0 Å². The summed E-state index contributed by atoms with van der Waals surface area (Å²) in [5.41, 5.74) is 1.33. The minimum atomic E-state index is 0.430. The first-order valence-corrected chi connectivity index (χ1v) is 8.34. The van der Waals surface area contributed by atoms with Crippen LogP contribution < -0.4 is 14.8 Å². The Morgan fingerprint density at radius 2 is 1.76 bits per heavy atom. The van der Waals surface area contributed by atoms with Gasteiger partial charge in [-0.1, -0.05) is 32.3 Å². The Morgan fingerprint density at radius 3 is 2.48 bits per heavy atom. The Labute approximate surface area is 128 Å². The molecule has 1 fully saturated rings. The van der Waals surface area contributed by atoms with Crippen molar-refractivity contribution < 1.29 is 9.47 Å². The molecule has 1 aliphatic carbocycles. The Kier molecular flexibility index (Phi) is 4.69. The summed E-state index contributed by atoms with van der Waals surface area (Å²) in [7, 11) is 2.07. The molecule has 1 aliphatic heterocycles. The van der Waals surface area contributed by atoms with Crippen LogP contribution in [0.4, 0.5) is 0 Å². The van der Waals surface area contributed by atoms with Gasteiger partial charge in [0, 0.05) is 12.0 Å². The molecule has 2 aliphatic rings. The summed E-state index contributed by atoms with van der Waals surface area (Å²) >= 11 is 0. The highest BCUT2D eigenvalue weighted by molar-refractivity contribution is 5.44. The molecular formula is C18H27NO2. The van der Waals surface area contributed by atoms with Gasteiger partial charge in [0.05, 0.1) is 13.2 Å². The van der Waals surface area contributed by atoms with Gasteiger partial charge >= 0.3 is 0 Å². The summed E-state index contributed by atoms with van der Waals surface area (Å²) in [6.07, 6.45) is 6.79. The van der Waals surface area contributed by atoms with E-state index >= 15 is 0 Å². The molecule has 2 atom stereocenters. The summed E-state index contributed by atoms with van der Waals surface area (Å²) in [6, 6.07) is 6.90. The number of hydrogen-bond acceptors (Lipinski definition) is 3. The second-order valence-corrected chi connectivity index (χ2v) is 6.60. The lowest BCUT2D eigenvalue weighted by Crippen LogP contribution is -2.26. The fraction of sp³-hybridized carbons (Fsp3) is 0.667. The second-order valence-electron chi connectivity index (χ2n) is 6.60. The van der Waals surface area contributed by atoms with Crippen molar-refractivity contribution in [3.8, 4) is 11.5 Å². The van der Waals surface area contributed by atoms with E-state index in [-0.39, 0.29) is 0 Å². The van der Waals surface area contributed by atoms with Gasteiger partial charge in [0.25, 0.3) is 0 Å². The Hall–Kier alpha value is -1.22. The fourth-order valence-electron chi connectivity index (χ4n) is 3.60. The van der Waals surface area contributed by atoms with Crippen LogP contribution in [0, 0.1) is 11.8 Å². The SMILES string of the molecule is CNC(c1ccc2c(c1)OCC(C)CO2)C1CCCCC1. The molecule has 0 aromatic heterocycles. The van der Waals surface area contributed by atoms with E-state index in [2.05, 4.69) is 37.5 Å². The zero-order chi connectivity index (χ0) is 14.7. The van der Waals surface area contributed by atoms with Crippen molar-refractivity contribution in [2.45, 2.75) is 45.1 Å². The average Bonchev–Trinajstić information content (AvgIpc) is 2.71. The summed E-state index contributed by atoms with van der Waals surface area (Å²) < 4.78 is 11.8. The normalized spacial score (nSPS) is 24.4. The molecule has 1 heterocycles. The van der Waals surface area contributed by atoms with Gasteiger partial charge in [0.15, 0.2) is 11.5 Å². The molecule has 3 nitrogen and oxygen atoms in total. The predicted octanol–water partition coefficient (Wildman–Crippen LogP) is 3.93. The van der Waals surface area contributed by atoms with E-state index in [1.54, 1.807) is 0 Å². The third-order valence-electron chi connectivity index (χ3n) is 4.81. The Morgan fingerprint density at radius 1 is 1.05 bits per heavy atom. The number of ether oxygens (including phenoxy) is 2. The fourth-order valence-corrected chi connectivity index (χ4v) is 3.60. The maximum absolute atomic E-state index is 5.93. The first-order valence-electron chi connectivity index (χ1n) is 8.34. The number of nitrogens with one attached hydrogen (secondary N) is 1. The summed E-state index contributed by atoms with van der Waals surface area (Å²) in [5.74, 6) is 2.99. The van der Waals surface area contributed by atoms with E-state index < -0.39 is 0 Å². The molecule has 3 rings (SSSR count). The maximum atomic E-state index is 5.93. The largest absolute Gasteiger partial charge is 0.489 e. The van der Waals surface area contributed by atoms with Crippen molar-refractivity contribution in [3.63, 3.8) is 0 Å². The molecule has 3 heteroatoms. The Bertz CT molecular complexity index is 468. The van der Waals surface area contributed by atoms with Crippen molar-refractivity contribution in [2.75, 3.05) is 20.3 Å². The van der Waals surface area contributed by atoms with Crippen molar-refractivity contribution in [2.24, 2.45) is 11.8 Å². The van der Waals surface area contributed by atoms with E-state index in [1.165, 1.54) is 37.7 Å². The number of rotatable bonds is 3. The molecule has 21 heavy (non-hydrogen) atoms. The smallest absolute Gasteiger partial charge is 0.161 e. The van der Waals surface area contributed by atoms with E-state index in [4.69, 9.17) is 9.47 Å². The maximum Gasteiger partial charge on any atom is 0.161 e. The molecule has 1 saturated carbocycles. The average molecular weight is 289 g/mol. The van der Waals surface area contributed by atoms with E-state index in [9.17, 15) is 0 Å². The first-order chi connectivity index (χ1) is 10.3. The molecule has 1 aromatic rings. The van der Waals surface area contributed by atoms with Crippen LogP contribution in [0.25, 0.3) is 0 Å². The lowest BCUT2D eigenvalue weighted by Gasteiger charge is -2.30. The molecule has 1 N–H and O–H groups in total. The highest BCUT2D eigenvalue weighted by atomic mass is 16.5. The molecule has 0 amide bonds. The van der Waals surface area contributed by atoms with Gasteiger partial charge in [-0.25, -0.2) is 0 Å². The van der Waals surface area contributed by atoms with E-state index in [1.807, 2.05) is 0 Å². The zero-order valence-electron chi connectivity index (χ0n) is 13.2. The summed E-state index contributed by atoms with van der Waals surface area (Å²) in [6.45, 7) is 3.64. The molecule has 0 bridgehead atoms. The van der Waals surface area contributed by atoms with Crippen molar-refractivity contribution >= 4 is 0 Å². The van der Waals surface area contributed by atoms with E-state index in [0.29, 0.717) is 12.0 Å². The van der Waals surface area contributed by atoms with Crippen LogP contribution in [0.5, 0.6) is 11.5 Å². The standard InChI is InChI=1S/C18H27NO2/c1-13-11-20-16-9-8-15(10-17(16)21-12-13)18(19-2)14-6-4-3-5-7-14/h8-10,13-14,18-19H,3-7,11-12H2,1-2H3. The summed E-state index contributed by atoms with van der Waals surface area (Å²) in [5, 5.41) is 3.52. The third-order valence-corrected chi connectivity index (χ3v) is 4.81. The lowest BCUT2D eigenvalue weighted by molar-refractivity contribution is 0.228. The predicted molar refractivity (Wildman–Crippen MR) is 85.0 cm³/mol. The highest BCUT2D eigenvalue weighted by Gasteiger charge is 2.25. The topological polar surface area (TPSA) is 30.5 Å². The monoisotopic (exact) mass is 289 g/mol. The van der Waals surface area contributed by atoms with Gasteiger partial charge in [0.1, 0.15) is 0 Å². The Balaban J connectivity index is 1.81. The van der Waals surface area contributed by atoms with Crippen molar-refractivity contribution in [1.29, 1.82) is 0 Å². The molecule has 1 aromatic carbocycles.